The number of carbonyl (C=O) groups excluding carboxylic acids is 1. The second-order valence-corrected chi connectivity index (χ2v) is 5.96. The fraction of sp³-hybridized carbons (Fsp3) is 0.533. The number of likely N-dealkylation sites (tertiary alicyclic amines) is 1. The number of aliphatic hydroxyl groups is 1. The molecule has 1 heterocycles. The third-order valence-corrected chi connectivity index (χ3v) is 3.92. The molecule has 5 nitrogen and oxygen atoms in total. The molecule has 0 aromatic heterocycles. The van der Waals surface area contributed by atoms with Gasteiger partial charge in [0.1, 0.15) is 0 Å². The molecular weight excluding hydrogens is 254 g/mol. The summed E-state index contributed by atoms with van der Waals surface area (Å²) in [6.07, 6.45) is 0.700. The number of carbonyl (C=O) groups is 1. The van der Waals surface area contributed by atoms with E-state index in [1.165, 1.54) is 0 Å². The zero-order chi connectivity index (χ0) is 14.9. The topological polar surface area (TPSA) is 78.6 Å². The zero-order valence-corrected chi connectivity index (χ0v) is 12.3. The Morgan fingerprint density at radius 1 is 1.55 bits per heavy atom. The van der Waals surface area contributed by atoms with E-state index in [2.05, 4.69) is 5.32 Å². The maximum atomic E-state index is 12.3. The highest BCUT2D eigenvalue weighted by Crippen LogP contribution is 2.23. The number of nitrogens with two attached hydrogens (primary N) is 1. The SMILES string of the molecule is Cc1cc(N)ccc1NC(=O)C(C)N1CCC(C)(O)C1. The van der Waals surface area contributed by atoms with E-state index in [1.807, 2.05) is 37.8 Å². The van der Waals surface area contributed by atoms with Gasteiger partial charge in [0.15, 0.2) is 0 Å². The van der Waals surface area contributed by atoms with Crippen LogP contribution in [0.5, 0.6) is 0 Å². The molecule has 0 aliphatic carbocycles. The van der Waals surface area contributed by atoms with E-state index in [0.717, 1.165) is 17.8 Å². The largest absolute Gasteiger partial charge is 0.399 e. The van der Waals surface area contributed by atoms with Crippen molar-refractivity contribution >= 4 is 17.3 Å². The summed E-state index contributed by atoms with van der Waals surface area (Å²) in [5.41, 5.74) is 7.42. The summed E-state index contributed by atoms with van der Waals surface area (Å²) in [6.45, 7) is 6.85. The number of aryl methyl sites for hydroxylation is 1. The molecule has 4 N–H and O–H groups in total. The molecule has 1 aliphatic rings. The summed E-state index contributed by atoms with van der Waals surface area (Å²) in [5.74, 6) is -0.0597. The number of rotatable bonds is 3. The van der Waals surface area contributed by atoms with Crippen LogP contribution in [0, 0.1) is 6.92 Å². The van der Waals surface area contributed by atoms with Gasteiger partial charge in [0.2, 0.25) is 5.91 Å². The minimum atomic E-state index is -0.689. The molecule has 5 heteroatoms. The van der Waals surface area contributed by atoms with Gasteiger partial charge in [-0.1, -0.05) is 0 Å². The lowest BCUT2D eigenvalue weighted by Crippen LogP contribution is -2.42. The molecule has 0 radical (unpaired) electrons. The van der Waals surface area contributed by atoms with Crippen LogP contribution in [-0.2, 0) is 4.79 Å². The average molecular weight is 277 g/mol. The van der Waals surface area contributed by atoms with E-state index in [0.29, 0.717) is 18.7 Å². The van der Waals surface area contributed by atoms with Crippen LogP contribution in [0.4, 0.5) is 11.4 Å². The fourth-order valence-corrected chi connectivity index (χ4v) is 2.54. The van der Waals surface area contributed by atoms with Crippen molar-refractivity contribution < 1.29 is 9.90 Å². The maximum Gasteiger partial charge on any atom is 0.241 e. The standard InChI is InChI=1S/C15H23N3O2/c1-10-8-12(16)4-5-13(10)17-14(19)11(2)18-7-6-15(3,20)9-18/h4-5,8,11,20H,6-7,9,16H2,1-3H3,(H,17,19). The second-order valence-electron chi connectivity index (χ2n) is 5.96. The molecule has 0 saturated carbocycles. The van der Waals surface area contributed by atoms with E-state index in [-0.39, 0.29) is 11.9 Å². The third kappa shape index (κ3) is 3.29. The fourth-order valence-electron chi connectivity index (χ4n) is 2.54. The maximum absolute atomic E-state index is 12.3. The lowest BCUT2D eigenvalue weighted by Gasteiger charge is -2.25. The Bertz CT molecular complexity index is 514. The molecule has 110 valence electrons. The van der Waals surface area contributed by atoms with Crippen molar-refractivity contribution in [2.24, 2.45) is 0 Å². The van der Waals surface area contributed by atoms with Gasteiger partial charge in [-0.15, -0.1) is 0 Å². The number of anilines is 2. The van der Waals surface area contributed by atoms with Crippen LogP contribution in [0.15, 0.2) is 18.2 Å². The highest BCUT2D eigenvalue weighted by molar-refractivity contribution is 5.95. The summed E-state index contributed by atoms with van der Waals surface area (Å²) in [4.78, 5) is 14.3. The van der Waals surface area contributed by atoms with Crippen LogP contribution >= 0.6 is 0 Å². The Hall–Kier alpha value is -1.59. The van der Waals surface area contributed by atoms with Crippen molar-refractivity contribution in [3.8, 4) is 0 Å². The van der Waals surface area contributed by atoms with E-state index in [4.69, 9.17) is 5.73 Å². The van der Waals surface area contributed by atoms with Crippen LogP contribution in [0.3, 0.4) is 0 Å². The predicted octanol–water partition coefficient (Wildman–Crippen LogP) is 1.36. The molecule has 0 bridgehead atoms. The number of nitrogens with zero attached hydrogens (tertiary/aromatic N) is 1. The first-order valence-corrected chi connectivity index (χ1v) is 6.92. The predicted molar refractivity (Wildman–Crippen MR) is 80.5 cm³/mol. The summed E-state index contributed by atoms with van der Waals surface area (Å²) in [5, 5.41) is 12.9. The molecule has 1 fully saturated rings. The first-order valence-electron chi connectivity index (χ1n) is 6.92. The molecular formula is C15H23N3O2. The molecule has 1 aromatic rings. The zero-order valence-electron chi connectivity index (χ0n) is 12.3. The van der Waals surface area contributed by atoms with Gasteiger partial charge in [0, 0.05) is 24.5 Å². The summed E-state index contributed by atoms with van der Waals surface area (Å²) < 4.78 is 0. The number of nitrogen functional groups attached to an aromatic ring is 1. The average Bonchev–Trinajstić information content (AvgIpc) is 2.72. The highest BCUT2D eigenvalue weighted by Gasteiger charge is 2.35. The number of nitrogens with one attached hydrogen (secondary N) is 1. The van der Waals surface area contributed by atoms with E-state index in [1.54, 1.807) is 6.07 Å². The minimum Gasteiger partial charge on any atom is -0.399 e. The van der Waals surface area contributed by atoms with Gasteiger partial charge < -0.3 is 16.2 Å². The monoisotopic (exact) mass is 277 g/mol. The molecule has 2 rings (SSSR count). The summed E-state index contributed by atoms with van der Waals surface area (Å²) >= 11 is 0. The molecule has 1 aliphatic heterocycles. The van der Waals surface area contributed by atoms with Crippen LogP contribution < -0.4 is 11.1 Å². The Labute approximate surface area is 119 Å². The molecule has 20 heavy (non-hydrogen) atoms. The van der Waals surface area contributed by atoms with E-state index >= 15 is 0 Å². The van der Waals surface area contributed by atoms with Gasteiger partial charge in [0.05, 0.1) is 11.6 Å². The Kier molecular flexibility index (Phi) is 4.01. The molecule has 2 atom stereocenters. The van der Waals surface area contributed by atoms with Crippen LogP contribution in [0.25, 0.3) is 0 Å². The first kappa shape index (κ1) is 14.8. The molecule has 0 spiro atoms. The van der Waals surface area contributed by atoms with Gasteiger partial charge in [0.25, 0.3) is 0 Å². The first-order chi connectivity index (χ1) is 9.28. The number of hydrogen-bond donors (Lipinski definition) is 3. The van der Waals surface area contributed by atoms with Crippen LogP contribution in [0.2, 0.25) is 0 Å². The Morgan fingerprint density at radius 3 is 2.80 bits per heavy atom. The highest BCUT2D eigenvalue weighted by atomic mass is 16.3. The van der Waals surface area contributed by atoms with Crippen LogP contribution in [0.1, 0.15) is 25.8 Å². The Balaban J connectivity index is 2.01. The second kappa shape index (κ2) is 5.42. The normalized spacial score (nSPS) is 24.6. The van der Waals surface area contributed by atoms with Gasteiger partial charge in [-0.05, 0) is 51.0 Å². The van der Waals surface area contributed by atoms with Gasteiger partial charge in [-0.3, -0.25) is 9.69 Å². The van der Waals surface area contributed by atoms with Crippen LogP contribution in [-0.4, -0.2) is 40.6 Å². The molecule has 1 saturated heterocycles. The van der Waals surface area contributed by atoms with Gasteiger partial charge >= 0.3 is 0 Å². The van der Waals surface area contributed by atoms with Crippen molar-refractivity contribution in [3.05, 3.63) is 23.8 Å². The molecule has 1 amide bonds. The van der Waals surface area contributed by atoms with Crippen molar-refractivity contribution in [2.75, 3.05) is 24.1 Å². The molecule has 1 aromatic carbocycles. The van der Waals surface area contributed by atoms with Crippen molar-refractivity contribution in [1.29, 1.82) is 0 Å². The number of amides is 1. The van der Waals surface area contributed by atoms with E-state index < -0.39 is 5.60 Å². The smallest absolute Gasteiger partial charge is 0.241 e. The molecule has 2 unspecified atom stereocenters. The van der Waals surface area contributed by atoms with Crippen molar-refractivity contribution in [2.45, 2.75) is 38.8 Å². The van der Waals surface area contributed by atoms with Crippen molar-refractivity contribution in [3.63, 3.8) is 0 Å². The van der Waals surface area contributed by atoms with Crippen molar-refractivity contribution in [1.82, 2.24) is 4.90 Å². The number of hydrogen-bond acceptors (Lipinski definition) is 4. The van der Waals surface area contributed by atoms with Gasteiger partial charge in [-0.2, -0.15) is 0 Å². The summed E-state index contributed by atoms with van der Waals surface area (Å²) in [7, 11) is 0. The summed E-state index contributed by atoms with van der Waals surface area (Å²) in [6, 6.07) is 5.16. The Morgan fingerprint density at radius 2 is 2.25 bits per heavy atom. The number of β-amino-alcohol motifs (C(OH)–C–C–N with tert-alkyl or cyclic N) is 1. The minimum absolute atomic E-state index is 0.0597. The quantitative estimate of drug-likeness (QED) is 0.729. The van der Waals surface area contributed by atoms with E-state index in [9.17, 15) is 9.90 Å². The lowest BCUT2D eigenvalue weighted by atomic mass is 10.1. The third-order valence-electron chi connectivity index (χ3n) is 3.92. The van der Waals surface area contributed by atoms with Gasteiger partial charge in [-0.25, -0.2) is 0 Å². The number of benzene rings is 1. The lowest BCUT2D eigenvalue weighted by molar-refractivity contribution is -0.120.